The molecule has 0 saturated heterocycles. The predicted molar refractivity (Wildman–Crippen MR) is 119 cm³/mol. The average Bonchev–Trinajstić information content (AvgIpc) is 2.75. The topological polar surface area (TPSA) is 78.8 Å². The van der Waals surface area contributed by atoms with Crippen molar-refractivity contribution in [2.75, 3.05) is 16.8 Å². The molecule has 0 aliphatic carbocycles. The number of amides is 1. The molecule has 1 aliphatic rings. The molecule has 0 aromatic heterocycles. The Kier molecular flexibility index (Phi) is 5.37. The van der Waals surface area contributed by atoms with E-state index in [9.17, 15) is 13.2 Å². The largest absolute Gasteiger partial charge is 0.330 e. The van der Waals surface area contributed by atoms with Crippen molar-refractivity contribution in [3.63, 3.8) is 0 Å². The lowest BCUT2D eigenvalue weighted by Gasteiger charge is -2.25. The van der Waals surface area contributed by atoms with Crippen molar-refractivity contribution in [2.24, 2.45) is 4.40 Å². The maximum absolute atomic E-state index is 12.6. The molecule has 4 rings (SSSR count). The van der Waals surface area contributed by atoms with Gasteiger partial charge in [-0.15, -0.1) is 4.40 Å². The third kappa shape index (κ3) is 4.26. The highest BCUT2D eigenvalue weighted by Gasteiger charge is 2.26. The van der Waals surface area contributed by atoms with Crippen LogP contribution in [0, 0.1) is 6.92 Å². The van der Waals surface area contributed by atoms with E-state index in [0.29, 0.717) is 17.9 Å². The molecule has 1 N–H and O–H groups in total. The zero-order valence-corrected chi connectivity index (χ0v) is 17.3. The smallest absolute Gasteiger partial charge is 0.285 e. The van der Waals surface area contributed by atoms with Crippen LogP contribution in [0.1, 0.15) is 21.5 Å². The lowest BCUT2D eigenvalue weighted by atomic mass is 10.1. The second kappa shape index (κ2) is 8.12. The number of nitrogens with one attached hydrogen (secondary N) is 1. The molecular formula is C23H21N3O3S. The Labute approximate surface area is 175 Å². The van der Waals surface area contributed by atoms with Crippen LogP contribution in [0.3, 0.4) is 0 Å². The summed E-state index contributed by atoms with van der Waals surface area (Å²) < 4.78 is 28.7. The second-order valence-corrected chi connectivity index (χ2v) is 8.73. The number of hydrogen-bond acceptors (Lipinski definition) is 4. The Morgan fingerprint density at radius 3 is 2.47 bits per heavy atom. The minimum Gasteiger partial charge on any atom is -0.330 e. The quantitative estimate of drug-likeness (QED) is 0.677. The van der Waals surface area contributed by atoms with Crippen LogP contribution in [0.15, 0.2) is 82.1 Å². The Morgan fingerprint density at radius 1 is 1.00 bits per heavy atom. The van der Waals surface area contributed by atoms with Gasteiger partial charge in [0.05, 0.1) is 5.69 Å². The van der Waals surface area contributed by atoms with Gasteiger partial charge < -0.3 is 10.2 Å². The van der Waals surface area contributed by atoms with Crippen molar-refractivity contribution in [1.29, 1.82) is 0 Å². The fourth-order valence-electron chi connectivity index (χ4n) is 3.25. The summed E-state index contributed by atoms with van der Waals surface area (Å²) in [6.45, 7) is 2.54. The molecule has 0 spiro atoms. The predicted octanol–water partition coefficient (Wildman–Crippen LogP) is 4.03. The highest BCUT2D eigenvalue weighted by Crippen LogP contribution is 2.31. The number of carbonyl (C=O) groups excluding carboxylic acids is 1. The highest BCUT2D eigenvalue weighted by atomic mass is 32.2. The molecule has 1 heterocycles. The van der Waals surface area contributed by atoms with Gasteiger partial charge in [0, 0.05) is 17.8 Å². The number of rotatable bonds is 5. The minimum absolute atomic E-state index is 0.0367. The summed E-state index contributed by atoms with van der Waals surface area (Å²) in [4.78, 5) is 14.5. The molecule has 0 atom stereocenters. The maximum Gasteiger partial charge on any atom is 0.285 e. The third-order valence-corrected chi connectivity index (χ3v) is 6.18. The number of carbonyl (C=O) groups is 1. The minimum atomic E-state index is -3.84. The molecule has 0 fully saturated rings. The average molecular weight is 420 g/mol. The van der Waals surface area contributed by atoms with E-state index in [2.05, 4.69) is 9.71 Å². The van der Waals surface area contributed by atoms with E-state index in [4.69, 9.17) is 0 Å². The molecule has 0 radical (unpaired) electrons. The van der Waals surface area contributed by atoms with Crippen LogP contribution >= 0.6 is 0 Å². The van der Waals surface area contributed by atoms with E-state index >= 15 is 0 Å². The number of nitrogens with zero attached hydrogens (tertiary/aromatic N) is 2. The van der Waals surface area contributed by atoms with Gasteiger partial charge in [-0.1, -0.05) is 48.0 Å². The number of hydrogen-bond donors (Lipinski definition) is 1. The number of fused-ring (bicyclic) bond motifs is 1. The SMILES string of the molecule is Cc1ccc(NC(=O)c2ccc3c(c2)S(=O)(=O)N=CN3CCc2ccccc2)cc1. The van der Waals surface area contributed by atoms with Gasteiger partial charge in [0.2, 0.25) is 0 Å². The van der Waals surface area contributed by atoms with Crippen molar-refractivity contribution in [3.05, 3.63) is 89.5 Å². The molecule has 7 heteroatoms. The first kappa shape index (κ1) is 19.8. The van der Waals surface area contributed by atoms with Crippen molar-refractivity contribution in [1.82, 2.24) is 0 Å². The summed E-state index contributed by atoms with van der Waals surface area (Å²) in [6.07, 6.45) is 2.08. The Balaban J connectivity index is 1.57. The van der Waals surface area contributed by atoms with Gasteiger partial charge in [-0.05, 0) is 49.2 Å². The summed E-state index contributed by atoms with van der Waals surface area (Å²) >= 11 is 0. The normalized spacial score (nSPS) is 14.2. The standard InChI is InChI=1S/C23H21N3O3S/c1-17-7-10-20(11-8-17)25-23(27)19-9-12-21-22(15-19)30(28,29)24-16-26(21)14-13-18-5-3-2-4-6-18/h2-12,15-16H,13-14H2,1H3,(H,25,27). The van der Waals surface area contributed by atoms with Crippen LogP contribution in [0.2, 0.25) is 0 Å². The zero-order chi connectivity index (χ0) is 21.1. The van der Waals surface area contributed by atoms with Crippen LogP contribution in [0.25, 0.3) is 0 Å². The molecule has 30 heavy (non-hydrogen) atoms. The summed E-state index contributed by atoms with van der Waals surface area (Å²) in [7, 11) is -3.84. The molecular weight excluding hydrogens is 398 g/mol. The summed E-state index contributed by atoms with van der Waals surface area (Å²) in [5.41, 5.74) is 3.66. The molecule has 0 bridgehead atoms. The number of aryl methyl sites for hydroxylation is 1. The number of sulfonamides is 1. The van der Waals surface area contributed by atoms with Gasteiger partial charge in [-0.3, -0.25) is 4.79 Å². The van der Waals surface area contributed by atoms with Crippen molar-refractivity contribution in [3.8, 4) is 0 Å². The molecule has 0 unspecified atom stereocenters. The van der Waals surface area contributed by atoms with Gasteiger partial charge in [0.1, 0.15) is 11.2 Å². The summed E-state index contributed by atoms with van der Waals surface area (Å²) in [6, 6.07) is 22.0. The molecule has 1 amide bonds. The fraction of sp³-hybridized carbons (Fsp3) is 0.130. The van der Waals surface area contributed by atoms with Crippen LogP contribution in [-0.4, -0.2) is 27.2 Å². The third-order valence-electron chi connectivity index (χ3n) is 4.93. The van der Waals surface area contributed by atoms with Crippen molar-refractivity contribution < 1.29 is 13.2 Å². The first-order chi connectivity index (χ1) is 14.4. The van der Waals surface area contributed by atoms with Crippen LogP contribution in [-0.2, 0) is 16.4 Å². The van der Waals surface area contributed by atoms with E-state index in [1.54, 1.807) is 29.2 Å². The Morgan fingerprint density at radius 2 is 1.73 bits per heavy atom. The van der Waals surface area contributed by atoms with Crippen molar-refractivity contribution in [2.45, 2.75) is 18.2 Å². The first-order valence-corrected chi connectivity index (χ1v) is 11.0. The lowest BCUT2D eigenvalue weighted by Crippen LogP contribution is -2.29. The molecule has 152 valence electrons. The number of anilines is 2. The van der Waals surface area contributed by atoms with Gasteiger partial charge in [0.25, 0.3) is 15.9 Å². The number of benzene rings is 3. The monoisotopic (exact) mass is 419 g/mol. The van der Waals surface area contributed by atoms with E-state index in [1.807, 2.05) is 49.4 Å². The van der Waals surface area contributed by atoms with E-state index in [0.717, 1.165) is 17.5 Å². The van der Waals surface area contributed by atoms with Gasteiger partial charge >= 0.3 is 0 Å². The summed E-state index contributed by atoms with van der Waals surface area (Å²) in [5, 5.41) is 2.79. The first-order valence-electron chi connectivity index (χ1n) is 9.55. The van der Waals surface area contributed by atoms with Crippen LogP contribution in [0.5, 0.6) is 0 Å². The van der Waals surface area contributed by atoms with Gasteiger partial charge in [0.15, 0.2) is 0 Å². The Hall–Kier alpha value is -3.45. The van der Waals surface area contributed by atoms with Crippen LogP contribution in [0.4, 0.5) is 11.4 Å². The van der Waals surface area contributed by atoms with Gasteiger partial charge in [-0.2, -0.15) is 8.42 Å². The summed E-state index contributed by atoms with van der Waals surface area (Å²) in [5.74, 6) is -0.373. The lowest BCUT2D eigenvalue weighted by molar-refractivity contribution is 0.102. The molecule has 3 aromatic carbocycles. The van der Waals surface area contributed by atoms with E-state index < -0.39 is 10.0 Å². The van der Waals surface area contributed by atoms with Crippen molar-refractivity contribution >= 4 is 33.6 Å². The van der Waals surface area contributed by atoms with Gasteiger partial charge in [-0.25, -0.2) is 0 Å². The Bertz CT molecular complexity index is 1200. The van der Waals surface area contributed by atoms with E-state index in [1.165, 1.54) is 12.4 Å². The second-order valence-electron chi connectivity index (χ2n) is 7.13. The molecule has 6 nitrogen and oxygen atoms in total. The molecule has 3 aromatic rings. The molecule has 1 aliphatic heterocycles. The zero-order valence-electron chi connectivity index (χ0n) is 16.4. The fourth-order valence-corrected chi connectivity index (χ4v) is 4.33. The highest BCUT2D eigenvalue weighted by molar-refractivity contribution is 7.90. The maximum atomic E-state index is 12.6. The van der Waals surface area contributed by atoms with E-state index in [-0.39, 0.29) is 16.4 Å². The van der Waals surface area contributed by atoms with Crippen LogP contribution < -0.4 is 10.2 Å². The molecule has 0 saturated carbocycles.